The zero-order chi connectivity index (χ0) is 13.8. The van der Waals surface area contributed by atoms with Gasteiger partial charge in [-0.05, 0) is 25.1 Å². The Kier molecular flexibility index (Phi) is 4.16. The predicted octanol–water partition coefficient (Wildman–Crippen LogP) is 1.94. The van der Waals surface area contributed by atoms with Crippen molar-refractivity contribution in [1.29, 1.82) is 0 Å². The zero-order valence-corrected chi connectivity index (χ0v) is 11.5. The van der Waals surface area contributed by atoms with Crippen molar-refractivity contribution in [2.45, 2.75) is 13.3 Å². The molecule has 0 N–H and O–H groups in total. The summed E-state index contributed by atoms with van der Waals surface area (Å²) in [5, 5.41) is 0. The summed E-state index contributed by atoms with van der Waals surface area (Å²) in [6.45, 7) is 2.79. The van der Waals surface area contributed by atoms with Crippen LogP contribution in [-0.2, 0) is 22.9 Å². The van der Waals surface area contributed by atoms with Crippen LogP contribution in [-0.4, -0.2) is 35.8 Å². The van der Waals surface area contributed by atoms with Crippen LogP contribution in [0.3, 0.4) is 0 Å². The minimum absolute atomic E-state index is 0.312. The van der Waals surface area contributed by atoms with Gasteiger partial charge in [0.15, 0.2) is 0 Å². The van der Waals surface area contributed by atoms with Crippen molar-refractivity contribution < 1.29 is 14.3 Å². The largest absolute Gasteiger partial charge is 0.462 e. The third-order valence-corrected chi connectivity index (χ3v) is 3.01. The van der Waals surface area contributed by atoms with Crippen molar-refractivity contribution in [3.8, 4) is 0 Å². The van der Waals surface area contributed by atoms with Gasteiger partial charge in [0.05, 0.1) is 29.8 Å². The van der Waals surface area contributed by atoms with E-state index in [4.69, 9.17) is 9.47 Å². The van der Waals surface area contributed by atoms with Gasteiger partial charge in [0.1, 0.15) is 5.82 Å². The number of hydrogen-bond donors (Lipinski definition) is 0. The van der Waals surface area contributed by atoms with Crippen molar-refractivity contribution in [3.05, 3.63) is 29.6 Å². The maximum atomic E-state index is 11.7. The number of benzene rings is 1. The third kappa shape index (κ3) is 2.76. The minimum atomic E-state index is -0.312. The molecule has 1 aromatic heterocycles. The molecule has 0 amide bonds. The summed E-state index contributed by atoms with van der Waals surface area (Å²) in [6, 6.07) is 5.43. The summed E-state index contributed by atoms with van der Waals surface area (Å²) >= 11 is 0. The Hall–Kier alpha value is -1.88. The second-order valence-corrected chi connectivity index (χ2v) is 4.25. The number of aromatic nitrogens is 2. The molecular formula is C14H18N2O3. The monoisotopic (exact) mass is 262 g/mol. The molecule has 5 heteroatoms. The highest BCUT2D eigenvalue weighted by atomic mass is 16.5. The van der Waals surface area contributed by atoms with Crippen LogP contribution in [0.15, 0.2) is 18.2 Å². The average molecular weight is 262 g/mol. The fourth-order valence-corrected chi connectivity index (χ4v) is 2.01. The molecule has 0 fully saturated rings. The lowest BCUT2D eigenvalue weighted by molar-refractivity contribution is 0.0526. The normalized spacial score (nSPS) is 10.9. The smallest absolute Gasteiger partial charge is 0.338 e. The van der Waals surface area contributed by atoms with E-state index in [1.807, 2.05) is 17.7 Å². The standard InChI is InChI=1S/C14H18N2O3/c1-4-19-14(17)10-5-6-12-11(9-10)15-13(16(12)2)7-8-18-3/h5-6,9H,4,7-8H2,1-3H3. The van der Waals surface area contributed by atoms with E-state index in [-0.39, 0.29) is 5.97 Å². The Balaban J connectivity index is 2.35. The lowest BCUT2D eigenvalue weighted by atomic mass is 10.2. The molecule has 102 valence electrons. The number of fused-ring (bicyclic) bond motifs is 1. The van der Waals surface area contributed by atoms with E-state index >= 15 is 0 Å². The summed E-state index contributed by atoms with van der Waals surface area (Å²) in [5.41, 5.74) is 2.34. The first kappa shape index (κ1) is 13.5. The molecule has 0 spiro atoms. The van der Waals surface area contributed by atoms with E-state index < -0.39 is 0 Å². The number of hydrogen-bond acceptors (Lipinski definition) is 4. The molecule has 19 heavy (non-hydrogen) atoms. The van der Waals surface area contributed by atoms with E-state index in [1.165, 1.54) is 0 Å². The summed E-state index contributed by atoms with van der Waals surface area (Å²) in [4.78, 5) is 16.2. The van der Waals surface area contributed by atoms with Crippen molar-refractivity contribution in [1.82, 2.24) is 9.55 Å². The highest BCUT2D eigenvalue weighted by Gasteiger charge is 2.11. The SMILES string of the molecule is CCOC(=O)c1ccc2c(c1)nc(CCOC)n2C. The highest BCUT2D eigenvalue weighted by Crippen LogP contribution is 2.17. The summed E-state index contributed by atoms with van der Waals surface area (Å²) in [6.07, 6.45) is 0.746. The van der Waals surface area contributed by atoms with Gasteiger partial charge in [0.25, 0.3) is 0 Å². The average Bonchev–Trinajstić information content (AvgIpc) is 2.73. The summed E-state index contributed by atoms with van der Waals surface area (Å²) in [7, 11) is 3.63. The first-order valence-electron chi connectivity index (χ1n) is 6.28. The van der Waals surface area contributed by atoms with Gasteiger partial charge in [0, 0.05) is 20.6 Å². The lowest BCUT2D eigenvalue weighted by Crippen LogP contribution is -2.04. The first-order chi connectivity index (χ1) is 9.17. The first-order valence-corrected chi connectivity index (χ1v) is 6.28. The number of rotatable bonds is 5. The zero-order valence-electron chi connectivity index (χ0n) is 11.5. The van der Waals surface area contributed by atoms with Gasteiger partial charge in [-0.1, -0.05) is 0 Å². The summed E-state index contributed by atoms with van der Waals surface area (Å²) in [5.74, 6) is 0.631. The number of nitrogens with zero attached hydrogens (tertiary/aromatic N) is 2. The quantitative estimate of drug-likeness (QED) is 0.773. The van der Waals surface area contributed by atoms with E-state index in [0.29, 0.717) is 18.8 Å². The fraction of sp³-hybridized carbons (Fsp3) is 0.429. The van der Waals surface area contributed by atoms with Gasteiger partial charge in [0.2, 0.25) is 0 Å². The maximum Gasteiger partial charge on any atom is 0.338 e. The number of esters is 1. The molecule has 2 aromatic rings. The van der Waals surface area contributed by atoms with Gasteiger partial charge in [-0.3, -0.25) is 0 Å². The van der Waals surface area contributed by atoms with Crippen LogP contribution in [0.4, 0.5) is 0 Å². The van der Waals surface area contributed by atoms with Crippen molar-refractivity contribution in [3.63, 3.8) is 0 Å². The van der Waals surface area contributed by atoms with Crippen molar-refractivity contribution >= 4 is 17.0 Å². The molecule has 0 atom stereocenters. The Morgan fingerprint density at radius 3 is 2.89 bits per heavy atom. The number of ether oxygens (including phenoxy) is 2. The van der Waals surface area contributed by atoms with E-state index in [9.17, 15) is 4.79 Å². The molecule has 0 aliphatic rings. The molecule has 0 saturated carbocycles. The molecule has 1 heterocycles. The van der Waals surface area contributed by atoms with Crippen LogP contribution in [0, 0.1) is 0 Å². The second kappa shape index (κ2) is 5.84. The fourth-order valence-electron chi connectivity index (χ4n) is 2.01. The van der Waals surface area contributed by atoms with Crippen LogP contribution in [0.25, 0.3) is 11.0 Å². The van der Waals surface area contributed by atoms with Crippen LogP contribution in [0.2, 0.25) is 0 Å². The third-order valence-electron chi connectivity index (χ3n) is 3.01. The Morgan fingerprint density at radius 2 is 2.21 bits per heavy atom. The van der Waals surface area contributed by atoms with Gasteiger partial charge < -0.3 is 14.0 Å². The molecule has 0 saturated heterocycles. The number of carbonyl (C=O) groups excluding carboxylic acids is 1. The number of methoxy groups -OCH3 is 1. The van der Waals surface area contributed by atoms with E-state index in [1.54, 1.807) is 26.2 Å². The number of carbonyl (C=O) groups is 1. The minimum Gasteiger partial charge on any atom is -0.462 e. The van der Waals surface area contributed by atoms with Gasteiger partial charge in [-0.2, -0.15) is 0 Å². The molecule has 0 bridgehead atoms. The lowest BCUT2D eigenvalue weighted by Gasteiger charge is -2.02. The van der Waals surface area contributed by atoms with E-state index in [0.717, 1.165) is 23.3 Å². The molecule has 2 rings (SSSR count). The molecule has 5 nitrogen and oxygen atoms in total. The van der Waals surface area contributed by atoms with Crippen LogP contribution in [0.1, 0.15) is 23.1 Å². The van der Waals surface area contributed by atoms with Crippen molar-refractivity contribution in [2.24, 2.45) is 7.05 Å². The van der Waals surface area contributed by atoms with Crippen molar-refractivity contribution in [2.75, 3.05) is 20.3 Å². The van der Waals surface area contributed by atoms with Crippen LogP contribution < -0.4 is 0 Å². The van der Waals surface area contributed by atoms with Gasteiger partial charge >= 0.3 is 5.97 Å². The van der Waals surface area contributed by atoms with Crippen LogP contribution >= 0.6 is 0 Å². The Morgan fingerprint density at radius 1 is 1.42 bits per heavy atom. The van der Waals surface area contributed by atoms with E-state index in [2.05, 4.69) is 4.98 Å². The number of aryl methyl sites for hydroxylation is 1. The molecular weight excluding hydrogens is 244 g/mol. The molecule has 0 radical (unpaired) electrons. The second-order valence-electron chi connectivity index (χ2n) is 4.25. The molecule has 0 aliphatic heterocycles. The van der Waals surface area contributed by atoms with Gasteiger partial charge in [-0.25, -0.2) is 9.78 Å². The Bertz CT molecular complexity index is 590. The molecule has 1 aromatic carbocycles. The number of imidazole rings is 1. The topological polar surface area (TPSA) is 53.4 Å². The van der Waals surface area contributed by atoms with Gasteiger partial charge in [-0.15, -0.1) is 0 Å². The predicted molar refractivity (Wildman–Crippen MR) is 72.3 cm³/mol. The highest BCUT2D eigenvalue weighted by molar-refractivity contribution is 5.93. The van der Waals surface area contributed by atoms with Crippen LogP contribution in [0.5, 0.6) is 0 Å². The molecule has 0 unspecified atom stereocenters. The molecule has 0 aliphatic carbocycles. The maximum absolute atomic E-state index is 11.7. The summed E-state index contributed by atoms with van der Waals surface area (Å²) < 4.78 is 12.1. The Labute approximate surface area is 112 Å².